The molecule has 2 nitrogen and oxygen atoms in total. The number of ether oxygens (including phenoxy) is 1. The van der Waals surface area contributed by atoms with Crippen LogP contribution in [0.5, 0.6) is 5.75 Å². The molecule has 0 saturated carbocycles. The van der Waals surface area contributed by atoms with E-state index in [2.05, 4.69) is 4.74 Å². The molecule has 1 atom stereocenters. The molecule has 0 bridgehead atoms. The van der Waals surface area contributed by atoms with Crippen molar-refractivity contribution in [3.63, 3.8) is 0 Å². The minimum atomic E-state index is -2.98. The van der Waals surface area contributed by atoms with E-state index in [1.165, 1.54) is 24.3 Å². The summed E-state index contributed by atoms with van der Waals surface area (Å²) in [6.45, 7) is -2.98. The first kappa shape index (κ1) is 15.2. The SMILES string of the molecule is NC(c1ccc(OC(F)F)cc1)c1c(F)cc(F)cc1F. The summed E-state index contributed by atoms with van der Waals surface area (Å²) in [5.41, 5.74) is 5.49. The van der Waals surface area contributed by atoms with Gasteiger partial charge in [0.25, 0.3) is 0 Å². The number of rotatable bonds is 4. The third-order valence-corrected chi connectivity index (χ3v) is 2.82. The highest BCUT2D eigenvalue weighted by atomic mass is 19.3. The van der Waals surface area contributed by atoms with Crippen LogP contribution in [0.4, 0.5) is 22.0 Å². The molecule has 0 saturated heterocycles. The van der Waals surface area contributed by atoms with E-state index < -0.39 is 35.7 Å². The minimum Gasteiger partial charge on any atom is -0.435 e. The van der Waals surface area contributed by atoms with Crippen molar-refractivity contribution in [2.75, 3.05) is 0 Å². The lowest BCUT2D eigenvalue weighted by molar-refractivity contribution is -0.0498. The van der Waals surface area contributed by atoms with Crippen LogP contribution in [0.3, 0.4) is 0 Å². The summed E-state index contributed by atoms with van der Waals surface area (Å²) < 4.78 is 68.2. The van der Waals surface area contributed by atoms with Gasteiger partial charge in [-0.15, -0.1) is 0 Å². The van der Waals surface area contributed by atoms with Crippen LogP contribution in [0, 0.1) is 17.5 Å². The molecule has 112 valence electrons. The molecule has 0 heterocycles. The normalized spacial score (nSPS) is 12.5. The van der Waals surface area contributed by atoms with E-state index in [-0.39, 0.29) is 11.3 Å². The number of nitrogens with two attached hydrogens (primary N) is 1. The van der Waals surface area contributed by atoms with Gasteiger partial charge in [0, 0.05) is 17.7 Å². The summed E-state index contributed by atoms with van der Waals surface area (Å²) in [6.07, 6.45) is 0. The maximum atomic E-state index is 13.6. The van der Waals surface area contributed by atoms with Crippen LogP contribution in [0.25, 0.3) is 0 Å². The van der Waals surface area contributed by atoms with Crippen molar-refractivity contribution in [2.45, 2.75) is 12.7 Å². The predicted octanol–water partition coefficient (Wildman–Crippen LogP) is 3.75. The Bertz CT molecular complexity index is 607. The van der Waals surface area contributed by atoms with Crippen molar-refractivity contribution in [3.05, 3.63) is 65.0 Å². The van der Waals surface area contributed by atoms with Gasteiger partial charge in [-0.2, -0.15) is 8.78 Å². The maximum absolute atomic E-state index is 13.6. The fraction of sp³-hybridized carbons (Fsp3) is 0.143. The number of benzene rings is 2. The van der Waals surface area contributed by atoms with Crippen molar-refractivity contribution in [2.24, 2.45) is 5.73 Å². The topological polar surface area (TPSA) is 35.2 Å². The molecule has 0 amide bonds. The van der Waals surface area contributed by atoms with Crippen LogP contribution in [-0.2, 0) is 0 Å². The zero-order valence-corrected chi connectivity index (χ0v) is 10.5. The van der Waals surface area contributed by atoms with E-state index in [9.17, 15) is 22.0 Å². The van der Waals surface area contributed by atoms with Crippen molar-refractivity contribution < 1.29 is 26.7 Å². The molecular weight excluding hydrogens is 293 g/mol. The molecule has 0 aliphatic rings. The van der Waals surface area contributed by atoms with Crippen LogP contribution in [0.15, 0.2) is 36.4 Å². The van der Waals surface area contributed by atoms with E-state index in [0.29, 0.717) is 12.1 Å². The molecule has 2 N–H and O–H groups in total. The Morgan fingerprint density at radius 3 is 1.90 bits per heavy atom. The van der Waals surface area contributed by atoms with E-state index >= 15 is 0 Å². The molecule has 0 aliphatic heterocycles. The molecule has 0 aliphatic carbocycles. The van der Waals surface area contributed by atoms with Crippen LogP contribution in [0.1, 0.15) is 17.2 Å². The van der Waals surface area contributed by atoms with E-state index in [4.69, 9.17) is 5.73 Å². The lowest BCUT2D eigenvalue weighted by Crippen LogP contribution is -2.16. The number of hydrogen-bond donors (Lipinski definition) is 1. The van der Waals surface area contributed by atoms with Gasteiger partial charge in [-0.3, -0.25) is 0 Å². The Hall–Kier alpha value is -2.15. The summed E-state index contributed by atoms with van der Waals surface area (Å²) in [5.74, 6) is -3.40. The largest absolute Gasteiger partial charge is 0.435 e. The van der Waals surface area contributed by atoms with Gasteiger partial charge >= 0.3 is 6.61 Å². The highest BCUT2D eigenvalue weighted by Gasteiger charge is 2.20. The van der Waals surface area contributed by atoms with Gasteiger partial charge in [0.1, 0.15) is 23.2 Å². The number of halogens is 5. The molecule has 2 aromatic carbocycles. The summed E-state index contributed by atoms with van der Waals surface area (Å²) in [4.78, 5) is 0. The summed E-state index contributed by atoms with van der Waals surface area (Å²) >= 11 is 0. The van der Waals surface area contributed by atoms with Gasteiger partial charge in [0.05, 0.1) is 6.04 Å². The van der Waals surface area contributed by atoms with E-state index in [1.807, 2.05) is 0 Å². The van der Waals surface area contributed by atoms with Gasteiger partial charge in [-0.1, -0.05) is 12.1 Å². The molecule has 2 aromatic rings. The quantitative estimate of drug-likeness (QED) is 0.873. The third-order valence-electron chi connectivity index (χ3n) is 2.82. The average molecular weight is 303 g/mol. The maximum Gasteiger partial charge on any atom is 0.387 e. The molecule has 7 heteroatoms. The molecule has 0 fully saturated rings. The van der Waals surface area contributed by atoms with Crippen molar-refractivity contribution in [1.29, 1.82) is 0 Å². The highest BCUT2D eigenvalue weighted by molar-refractivity contribution is 5.36. The van der Waals surface area contributed by atoms with Gasteiger partial charge in [-0.25, -0.2) is 13.2 Å². The Labute approximate surface area is 116 Å². The van der Waals surface area contributed by atoms with Crippen molar-refractivity contribution in [3.8, 4) is 5.75 Å². The minimum absolute atomic E-state index is 0.110. The van der Waals surface area contributed by atoms with E-state index in [0.717, 1.165) is 0 Å². The third kappa shape index (κ3) is 3.49. The second kappa shape index (κ2) is 6.09. The number of hydrogen-bond acceptors (Lipinski definition) is 2. The first-order valence-corrected chi connectivity index (χ1v) is 5.83. The fourth-order valence-electron chi connectivity index (χ4n) is 1.87. The highest BCUT2D eigenvalue weighted by Crippen LogP contribution is 2.27. The first-order chi connectivity index (χ1) is 9.88. The van der Waals surface area contributed by atoms with Crippen LogP contribution >= 0.6 is 0 Å². The zero-order chi connectivity index (χ0) is 15.6. The van der Waals surface area contributed by atoms with Gasteiger partial charge in [0.15, 0.2) is 0 Å². The van der Waals surface area contributed by atoms with Gasteiger partial charge in [0.2, 0.25) is 0 Å². The molecule has 0 radical (unpaired) electrons. The standard InChI is InChI=1S/C14H10F5NO/c15-8-5-10(16)12(11(17)6-8)13(20)7-1-3-9(4-2-7)21-14(18)19/h1-6,13-14H,20H2. The fourth-order valence-corrected chi connectivity index (χ4v) is 1.87. The molecular formula is C14H10F5NO. The molecule has 1 unspecified atom stereocenters. The lowest BCUT2D eigenvalue weighted by Gasteiger charge is -2.15. The second-order valence-corrected chi connectivity index (χ2v) is 4.21. The molecule has 0 spiro atoms. The summed E-state index contributed by atoms with van der Waals surface area (Å²) in [6, 6.07) is 4.82. The van der Waals surface area contributed by atoms with Crippen LogP contribution in [-0.4, -0.2) is 6.61 Å². The molecule has 0 aromatic heterocycles. The Morgan fingerprint density at radius 2 is 1.43 bits per heavy atom. The first-order valence-electron chi connectivity index (χ1n) is 5.83. The van der Waals surface area contributed by atoms with Crippen molar-refractivity contribution >= 4 is 0 Å². The van der Waals surface area contributed by atoms with Crippen LogP contribution < -0.4 is 10.5 Å². The number of alkyl halides is 2. The lowest BCUT2D eigenvalue weighted by atomic mass is 9.98. The second-order valence-electron chi connectivity index (χ2n) is 4.21. The Balaban J connectivity index is 2.30. The van der Waals surface area contributed by atoms with Crippen LogP contribution in [0.2, 0.25) is 0 Å². The van der Waals surface area contributed by atoms with Gasteiger partial charge in [-0.05, 0) is 17.7 Å². The summed E-state index contributed by atoms with van der Waals surface area (Å²) in [7, 11) is 0. The Kier molecular flexibility index (Phi) is 4.42. The smallest absolute Gasteiger partial charge is 0.387 e. The van der Waals surface area contributed by atoms with Gasteiger partial charge < -0.3 is 10.5 Å². The monoisotopic (exact) mass is 303 g/mol. The molecule has 2 rings (SSSR count). The summed E-state index contributed by atoms with van der Waals surface area (Å²) in [5, 5.41) is 0. The predicted molar refractivity (Wildman–Crippen MR) is 65.4 cm³/mol. The van der Waals surface area contributed by atoms with Crippen molar-refractivity contribution in [1.82, 2.24) is 0 Å². The molecule has 21 heavy (non-hydrogen) atoms. The zero-order valence-electron chi connectivity index (χ0n) is 10.5. The van der Waals surface area contributed by atoms with E-state index in [1.54, 1.807) is 0 Å². The Morgan fingerprint density at radius 1 is 0.905 bits per heavy atom. The average Bonchev–Trinajstić information content (AvgIpc) is 2.37.